The third-order valence-corrected chi connectivity index (χ3v) is 8.39. The number of urea groups is 1. The van der Waals surface area contributed by atoms with E-state index in [2.05, 4.69) is 30.5 Å². The summed E-state index contributed by atoms with van der Waals surface area (Å²) in [6, 6.07) is 11.9. The van der Waals surface area contributed by atoms with E-state index < -0.39 is 24.1 Å². The van der Waals surface area contributed by atoms with E-state index in [0.717, 1.165) is 29.8 Å². The average molecular weight is 616 g/mol. The number of carbonyl (C=O) groups excluding carboxylic acids is 1. The van der Waals surface area contributed by atoms with E-state index in [0.29, 0.717) is 55.4 Å². The van der Waals surface area contributed by atoms with Crippen LogP contribution in [0, 0.1) is 12.9 Å². The predicted octanol–water partition coefficient (Wildman–Crippen LogP) is 3.27. The summed E-state index contributed by atoms with van der Waals surface area (Å²) in [4.78, 5) is 34.8. The van der Waals surface area contributed by atoms with Gasteiger partial charge in [-0.25, -0.2) is 24.4 Å². The number of ether oxygens (including phenoxy) is 2. The van der Waals surface area contributed by atoms with Crippen molar-refractivity contribution in [1.29, 1.82) is 0 Å². The maximum Gasteiger partial charge on any atom is 0.320 e. The van der Waals surface area contributed by atoms with Crippen LogP contribution < -0.4 is 15.5 Å². The van der Waals surface area contributed by atoms with Crippen molar-refractivity contribution < 1.29 is 23.5 Å². The van der Waals surface area contributed by atoms with Crippen LogP contribution in [0.2, 0.25) is 0 Å². The van der Waals surface area contributed by atoms with Crippen LogP contribution in [0.15, 0.2) is 61.1 Å². The molecule has 6 heterocycles. The van der Waals surface area contributed by atoms with Gasteiger partial charge in [0.2, 0.25) is 11.9 Å². The van der Waals surface area contributed by atoms with Crippen LogP contribution in [-0.2, 0) is 14.3 Å². The fraction of sp³-hybridized carbons (Fsp3) is 0.387. The number of fused-ring (bicyclic) bond motifs is 2. The molecule has 4 aromatic rings. The minimum absolute atomic E-state index is 0.243. The van der Waals surface area contributed by atoms with Gasteiger partial charge >= 0.3 is 6.03 Å². The highest BCUT2D eigenvalue weighted by molar-refractivity contribution is 5.91. The molecule has 2 N–H and O–H groups in total. The lowest BCUT2D eigenvalue weighted by molar-refractivity contribution is -0.154. The van der Waals surface area contributed by atoms with Crippen molar-refractivity contribution in [1.82, 2.24) is 35.1 Å². The molecule has 4 atom stereocenters. The smallest absolute Gasteiger partial charge is 0.320 e. The van der Waals surface area contributed by atoms with Crippen molar-refractivity contribution in [2.45, 2.75) is 37.6 Å². The van der Waals surface area contributed by atoms with Gasteiger partial charge in [-0.05, 0) is 43.2 Å². The Bertz CT molecular complexity index is 1650. The summed E-state index contributed by atoms with van der Waals surface area (Å²) < 4.78 is 26.6. The van der Waals surface area contributed by atoms with E-state index in [1.54, 1.807) is 35.3 Å². The van der Waals surface area contributed by atoms with Crippen molar-refractivity contribution in [2.75, 3.05) is 50.2 Å². The molecular formula is C31H34FN9O4. The van der Waals surface area contributed by atoms with Gasteiger partial charge in [-0.1, -0.05) is 18.2 Å². The molecule has 45 heavy (non-hydrogen) atoms. The molecule has 2 amide bonds. The Morgan fingerprint density at radius 3 is 2.67 bits per heavy atom. The van der Waals surface area contributed by atoms with E-state index in [1.807, 2.05) is 37.3 Å². The molecule has 3 aromatic heterocycles. The number of benzene rings is 1. The topological polar surface area (TPSA) is 132 Å². The second-order valence-corrected chi connectivity index (χ2v) is 11.4. The Morgan fingerprint density at radius 2 is 1.96 bits per heavy atom. The molecule has 3 aliphatic heterocycles. The average Bonchev–Trinajstić information content (AvgIpc) is 3.85. The van der Waals surface area contributed by atoms with Crippen LogP contribution >= 0.6 is 0 Å². The number of rotatable bonds is 9. The zero-order valence-electron chi connectivity index (χ0n) is 25.0. The molecule has 0 aliphatic carbocycles. The van der Waals surface area contributed by atoms with Gasteiger partial charge in [0.25, 0.3) is 0 Å². The van der Waals surface area contributed by atoms with Gasteiger partial charge in [0.1, 0.15) is 17.6 Å². The summed E-state index contributed by atoms with van der Waals surface area (Å²) in [5.74, 6) is 0.547. The fourth-order valence-corrected chi connectivity index (χ4v) is 6.16. The van der Waals surface area contributed by atoms with Gasteiger partial charge in [-0.3, -0.25) is 10.2 Å². The van der Waals surface area contributed by atoms with Crippen LogP contribution in [0.3, 0.4) is 0 Å². The van der Waals surface area contributed by atoms with Crippen molar-refractivity contribution in [3.05, 3.63) is 78.1 Å². The van der Waals surface area contributed by atoms with Crippen LogP contribution in [-0.4, -0.2) is 94.0 Å². The van der Waals surface area contributed by atoms with Gasteiger partial charge in [0, 0.05) is 56.5 Å². The Hall–Kier alpha value is -4.50. The Morgan fingerprint density at radius 1 is 1.13 bits per heavy atom. The van der Waals surface area contributed by atoms with Gasteiger partial charge < -0.3 is 19.7 Å². The van der Waals surface area contributed by atoms with E-state index >= 15 is 0 Å². The number of pyridine rings is 1. The van der Waals surface area contributed by atoms with E-state index in [1.165, 1.54) is 12.3 Å². The van der Waals surface area contributed by atoms with E-state index in [-0.39, 0.29) is 6.10 Å². The van der Waals surface area contributed by atoms with Crippen LogP contribution in [0.4, 0.5) is 21.0 Å². The summed E-state index contributed by atoms with van der Waals surface area (Å²) in [5.41, 5.74) is 3.46. The maximum absolute atomic E-state index is 14.0. The minimum Gasteiger partial charge on any atom is -0.383 e. The molecule has 0 unspecified atom stereocenters. The molecule has 2 bridgehead atoms. The summed E-state index contributed by atoms with van der Waals surface area (Å²) in [6.45, 7) is 4.69. The minimum atomic E-state index is -0.622. The quantitative estimate of drug-likeness (QED) is 0.271. The van der Waals surface area contributed by atoms with Gasteiger partial charge in [-0.15, -0.1) is 0 Å². The molecule has 3 aliphatic rings. The monoisotopic (exact) mass is 615 g/mol. The number of nitrogens with one attached hydrogen (secondary N) is 2. The Kier molecular flexibility index (Phi) is 8.10. The first kappa shape index (κ1) is 29.2. The molecule has 234 valence electrons. The molecule has 1 aromatic carbocycles. The number of morpholine rings is 1. The number of hydrogen-bond acceptors (Lipinski definition) is 10. The lowest BCUT2D eigenvalue weighted by Crippen LogP contribution is -2.42. The second-order valence-electron chi connectivity index (χ2n) is 11.4. The molecule has 0 saturated carbocycles. The van der Waals surface area contributed by atoms with Gasteiger partial charge in [0.15, 0.2) is 0 Å². The van der Waals surface area contributed by atoms with Crippen molar-refractivity contribution in [3.63, 3.8) is 0 Å². The lowest BCUT2D eigenvalue weighted by Gasteiger charge is -2.26. The van der Waals surface area contributed by atoms with E-state index in [4.69, 9.17) is 19.4 Å². The SMILES string of the molecule is COCCN1C[C@@H](NC(=O)Nc2c(C)c(-c3cnc(N4C[C@@H]5C[C@H]4CO5)nc3)nn2-c2ccccc2)[C@H](c2ccnc(F)c2)O1. The van der Waals surface area contributed by atoms with Crippen LogP contribution in [0.25, 0.3) is 16.9 Å². The first-order valence-electron chi connectivity index (χ1n) is 14.9. The zero-order chi connectivity index (χ0) is 30.9. The van der Waals surface area contributed by atoms with E-state index in [9.17, 15) is 9.18 Å². The lowest BCUT2D eigenvalue weighted by atomic mass is 10.0. The maximum atomic E-state index is 14.0. The Labute approximate surface area is 259 Å². The largest absolute Gasteiger partial charge is 0.383 e. The predicted molar refractivity (Wildman–Crippen MR) is 162 cm³/mol. The zero-order valence-corrected chi connectivity index (χ0v) is 25.0. The van der Waals surface area contributed by atoms with Crippen molar-refractivity contribution in [3.8, 4) is 16.9 Å². The normalized spacial score (nSPS) is 22.7. The van der Waals surface area contributed by atoms with Crippen molar-refractivity contribution in [2.24, 2.45) is 0 Å². The summed E-state index contributed by atoms with van der Waals surface area (Å²) >= 11 is 0. The fourth-order valence-electron chi connectivity index (χ4n) is 6.16. The summed E-state index contributed by atoms with van der Waals surface area (Å²) in [6.07, 6.45) is 5.55. The number of carbonyl (C=O) groups is 1. The standard InChI is InChI=1S/C31H34FN9O4/c1-19-27(21-14-34-30(35-15-21)40-16-24-13-23(40)18-44-24)38-41(22-6-4-3-5-7-22)29(19)37-31(42)36-25-17-39(10-11-43-2)45-28(25)20-8-9-33-26(32)12-20/h3-9,12,14-15,23-25,28H,10-11,13,16-18H2,1-2H3,(H2,36,37,42)/t23-,24-,25+,28-/m0/s1. The molecule has 14 heteroatoms. The first-order valence-corrected chi connectivity index (χ1v) is 14.9. The Balaban J connectivity index is 1.14. The first-order chi connectivity index (χ1) is 22.0. The number of aromatic nitrogens is 5. The number of amides is 2. The molecule has 0 radical (unpaired) electrons. The third kappa shape index (κ3) is 5.96. The molecular weight excluding hydrogens is 581 g/mol. The number of hydrogen-bond donors (Lipinski definition) is 2. The summed E-state index contributed by atoms with van der Waals surface area (Å²) in [5, 5.41) is 12.6. The molecule has 3 saturated heterocycles. The number of nitrogens with zero attached hydrogens (tertiary/aromatic N) is 7. The second kappa shape index (κ2) is 12.5. The highest BCUT2D eigenvalue weighted by Crippen LogP contribution is 2.34. The molecule has 7 rings (SSSR count). The van der Waals surface area contributed by atoms with Gasteiger partial charge in [-0.2, -0.15) is 14.6 Å². The third-order valence-electron chi connectivity index (χ3n) is 8.39. The molecule has 3 fully saturated rings. The van der Waals surface area contributed by atoms with Crippen LogP contribution in [0.1, 0.15) is 23.7 Å². The number of halogens is 1. The molecule has 13 nitrogen and oxygen atoms in total. The number of anilines is 2. The number of methoxy groups -OCH3 is 1. The van der Waals surface area contributed by atoms with Gasteiger partial charge in [0.05, 0.1) is 37.1 Å². The van der Waals surface area contributed by atoms with Crippen LogP contribution in [0.5, 0.6) is 0 Å². The highest BCUT2D eigenvalue weighted by atomic mass is 19.1. The number of para-hydroxylation sites is 1. The summed E-state index contributed by atoms with van der Waals surface area (Å²) in [7, 11) is 1.61. The van der Waals surface area contributed by atoms with Crippen molar-refractivity contribution >= 4 is 17.8 Å². The number of hydroxylamine groups is 2. The highest BCUT2D eigenvalue weighted by Gasteiger charge is 2.40. The molecule has 0 spiro atoms.